The maximum Gasteiger partial charge on any atom is 0.409 e. The van der Waals surface area contributed by atoms with Crippen LogP contribution in [-0.2, 0) is 0 Å². The Morgan fingerprint density at radius 2 is 2.05 bits per heavy atom. The van der Waals surface area contributed by atoms with Crippen LogP contribution in [0, 0.1) is 11.3 Å². The molecule has 0 radical (unpaired) electrons. The van der Waals surface area contributed by atoms with E-state index >= 15 is 0 Å². The Kier molecular flexibility index (Phi) is 3.54. The van der Waals surface area contributed by atoms with Gasteiger partial charge in [0.25, 0.3) is 0 Å². The van der Waals surface area contributed by atoms with Gasteiger partial charge in [0.15, 0.2) is 0 Å². The van der Waals surface area contributed by atoms with Crippen LogP contribution in [0.3, 0.4) is 0 Å². The predicted molar refractivity (Wildman–Crippen MR) is 64.9 cm³/mol. The maximum absolute atomic E-state index is 10.4. The summed E-state index contributed by atoms with van der Waals surface area (Å²) < 4.78 is 5.40. The number of benzene rings is 1. The minimum absolute atomic E-state index is 0.203. The van der Waals surface area contributed by atoms with Crippen LogP contribution < -0.4 is 10.1 Å². The van der Waals surface area contributed by atoms with E-state index in [2.05, 4.69) is 15.3 Å². The molecule has 0 fully saturated rings. The molecule has 0 saturated carbocycles. The highest BCUT2D eigenvalue weighted by atomic mass is 16.5. The SMILES string of the molecule is N#Cc1cc(Oc2ccc(NC(=O)O)cc2)ncn1. The largest absolute Gasteiger partial charge is 0.465 e. The first-order valence-electron chi connectivity index (χ1n) is 5.17. The van der Waals surface area contributed by atoms with Crippen LogP contribution in [0.2, 0.25) is 0 Å². The molecule has 0 aliphatic heterocycles. The first-order chi connectivity index (χ1) is 9.17. The van der Waals surface area contributed by atoms with Crippen LogP contribution in [0.25, 0.3) is 0 Å². The van der Waals surface area contributed by atoms with Gasteiger partial charge in [-0.3, -0.25) is 5.32 Å². The lowest BCUT2D eigenvalue weighted by atomic mass is 10.3. The Balaban J connectivity index is 2.11. The molecule has 94 valence electrons. The molecule has 1 heterocycles. The molecule has 7 heteroatoms. The number of ether oxygens (including phenoxy) is 1. The summed E-state index contributed by atoms with van der Waals surface area (Å²) in [5, 5.41) is 19.4. The van der Waals surface area contributed by atoms with E-state index in [-0.39, 0.29) is 11.6 Å². The van der Waals surface area contributed by atoms with Crippen molar-refractivity contribution in [1.82, 2.24) is 9.97 Å². The fourth-order valence-corrected chi connectivity index (χ4v) is 1.31. The van der Waals surface area contributed by atoms with Crippen LogP contribution in [0.1, 0.15) is 5.69 Å². The van der Waals surface area contributed by atoms with Gasteiger partial charge >= 0.3 is 6.09 Å². The molecule has 0 unspecified atom stereocenters. The van der Waals surface area contributed by atoms with Gasteiger partial charge in [0, 0.05) is 11.8 Å². The fraction of sp³-hybridized carbons (Fsp3) is 0. The first kappa shape index (κ1) is 12.3. The van der Waals surface area contributed by atoms with E-state index in [9.17, 15) is 4.79 Å². The number of carboxylic acid groups (broad SMARTS) is 1. The standard InChI is InChI=1S/C12H8N4O3/c13-6-9-5-11(15-7-14-9)19-10-3-1-8(2-4-10)16-12(17)18/h1-5,7,16H,(H,17,18). The molecule has 1 aromatic heterocycles. The molecule has 2 rings (SSSR count). The van der Waals surface area contributed by atoms with Crippen LogP contribution in [0.15, 0.2) is 36.7 Å². The number of aromatic nitrogens is 2. The number of carbonyl (C=O) groups is 1. The quantitative estimate of drug-likeness (QED) is 0.871. The Hall–Kier alpha value is -3.14. The van der Waals surface area contributed by atoms with Crippen molar-refractivity contribution in [3.8, 4) is 17.7 Å². The van der Waals surface area contributed by atoms with E-state index in [0.29, 0.717) is 11.4 Å². The molecule has 1 aromatic carbocycles. The lowest BCUT2D eigenvalue weighted by Crippen LogP contribution is -2.06. The lowest BCUT2D eigenvalue weighted by Gasteiger charge is -2.05. The van der Waals surface area contributed by atoms with Gasteiger partial charge in [-0.25, -0.2) is 14.8 Å². The van der Waals surface area contributed by atoms with E-state index in [1.54, 1.807) is 24.3 Å². The van der Waals surface area contributed by atoms with Crippen molar-refractivity contribution in [3.05, 3.63) is 42.4 Å². The number of nitrogens with zero attached hydrogens (tertiary/aromatic N) is 3. The predicted octanol–water partition coefficient (Wildman–Crippen LogP) is 2.23. The molecule has 0 spiro atoms. The second-order valence-electron chi connectivity index (χ2n) is 3.41. The highest BCUT2D eigenvalue weighted by Gasteiger charge is 2.02. The van der Waals surface area contributed by atoms with E-state index in [1.165, 1.54) is 12.4 Å². The number of hydrogen-bond acceptors (Lipinski definition) is 5. The molecule has 0 bridgehead atoms. The molecule has 2 N–H and O–H groups in total. The zero-order chi connectivity index (χ0) is 13.7. The van der Waals surface area contributed by atoms with Gasteiger partial charge < -0.3 is 9.84 Å². The molecule has 7 nitrogen and oxygen atoms in total. The van der Waals surface area contributed by atoms with Gasteiger partial charge in [-0.15, -0.1) is 0 Å². The number of nitrogens with one attached hydrogen (secondary N) is 1. The maximum atomic E-state index is 10.4. The van der Waals surface area contributed by atoms with Crippen molar-refractivity contribution in [3.63, 3.8) is 0 Å². The Bertz CT molecular complexity index is 634. The van der Waals surface area contributed by atoms with Gasteiger partial charge in [0.2, 0.25) is 5.88 Å². The zero-order valence-electron chi connectivity index (χ0n) is 9.57. The van der Waals surface area contributed by atoms with E-state index in [4.69, 9.17) is 15.1 Å². The van der Waals surface area contributed by atoms with Crippen molar-refractivity contribution < 1.29 is 14.6 Å². The molecular weight excluding hydrogens is 248 g/mol. The molecule has 0 aliphatic rings. The average molecular weight is 256 g/mol. The average Bonchev–Trinajstić information content (AvgIpc) is 2.41. The van der Waals surface area contributed by atoms with Gasteiger partial charge in [0.1, 0.15) is 23.8 Å². The molecule has 0 saturated heterocycles. The van der Waals surface area contributed by atoms with E-state index in [1.807, 2.05) is 6.07 Å². The third-order valence-electron chi connectivity index (χ3n) is 2.08. The highest BCUT2D eigenvalue weighted by molar-refractivity contribution is 5.82. The smallest absolute Gasteiger partial charge is 0.409 e. The monoisotopic (exact) mass is 256 g/mol. The zero-order valence-corrected chi connectivity index (χ0v) is 9.57. The molecule has 1 amide bonds. The van der Waals surface area contributed by atoms with E-state index < -0.39 is 6.09 Å². The summed E-state index contributed by atoms with van der Waals surface area (Å²) in [7, 11) is 0. The van der Waals surface area contributed by atoms with Crippen molar-refractivity contribution in [1.29, 1.82) is 5.26 Å². The number of nitriles is 1. The third kappa shape index (κ3) is 3.41. The number of hydrogen-bond donors (Lipinski definition) is 2. The van der Waals surface area contributed by atoms with Gasteiger partial charge in [0.05, 0.1) is 0 Å². The van der Waals surface area contributed by atoms with Crippen molar-refractivity contribution in [2.24, 2.45) is 0 Å². The molecule has 0 atom stereocenters. The highest BCUT2D eigenvalue weighted by Crippen LogP contribution is 2.21. The second kappa shape index (κ2) is 5.46. The third-order valence-corrected chi connectivity index (χ3v) is 2.08. The summed E-state index contributed by atoms with van der Waals surface area (Å²) in [6, 6.07) is 9.55. The first-order valence-corrected chi connectivity index (χ1v) is 5.17. The fourth-order valence-electron chi connectivity index (χ4n) is 1.31. The minimum Gasteiger partial charge on any atom is -0.465 e. The van der Waals surface area contributed by atoms with Crippen LogP contribution >= 0.6 is 0 Å². The molecule has 19 heavy (non-hydrogen) atoms. The molecule has 0 aliphatic carbocycles. The van der Waals surface area contributed by atoms with Crippen molar-refractivity contribution >= 4 is 11.8 Å². The number of anilines is 1. The van der Waals surface area contributed by atoms with Crippen LogP contribution in [0.5, 0.6) is 11.6 Å². The van der Waals surface area contributed by atoms with Gasteiger partial charge in [-0.2, -0.15) is 5.26 Å². The Morgan fingerprint density at radius 3 is 2.68 bits per heavy atom. The Labute approximate surface area is 108 Å². The summed E-state index contributed by atoms with van der Waals surface area (Å²) in [5.74, 6) is 0.712. The normalized spacial score (nSPS) is 9.42. The van der Waals surface area contributed by atoms with Gasteiger partial charge in [-0.05, 0) is 24.3 Å². The van der Waals surface area contributed by atoms with Crippen LogP contribution in [-0.4, -0.2) is 21.2 Å². The minimum atomic E-state index is -1.14. The van der Waals surface area contributed by atoms with Crippen molar-refractivity contribution in [2.45, 2.75) is 0 Å². The molecular formula is C12H8N4O3. The van der Waals surface area contributed by atoms with Gasteiger partial charge in [-0.1, -0.05) is 0 Å². The lowest BCUT2D eigenvalue weighted by molar-refractivity contribution is 0.209. The second-order valence-corrected chi connectivity index (χ2v) is 3.41. The number of amides is 1. The summed E-state index contributed by atoms with van der Waals surface area (Å²) >= 11 is 0. The number of rotatable bonds is 3. The Morgan fingerprint density at radius 1 is 1.32 bits per heavy atom. The van der Waals surface area contributed by atoms with Crippen LogP contribution in [0.4, 0.5) is 10.5 Å². The topological polar surface area (TPSA) is 108 Å². The summed E-state index contributed by atoms with van der Waals surface area (Å²) in [6.45, 7) is 0. The summed E-state index contributed by atoms with van der Waals surface area (Å²) in [4.78, 5) is 18.0. The summed E-state index contributed by atoms with van der Waals surface area (Å²) in [5.41, 5.74) is 0.634. The van der Waals surface area contributed by atoms with Crippen molar-refractivity contribution in [2.75, 3.05) is 5.32 Å². The molecule has 2 aromatic rings. The summed E-state index contributed by atoms with van der Waals surface area (Å²) in [6.07, 6.45) is 0.0944. The van der Waals surface area contributed by atoms with E-state index in [0.717, 1.165) is 0 Å².